The lowest BCUT2D eigenvalue weighted by Gasteiger charge is -2.12. The molecule has 0 radical (unpaired) electrons. The highest BCUT2D eigenvalue weighted by atomic mass is 35.5. The summed E-state index contributed by atoms with van der Waals surface area (Å²) in [6.07, 6.45) is 0. The average Bonchev–Trinajstić information content (AvgIpc) is 2.71. The van der Waals surface area contributed by atoms with Crippen LogP contribution in [0.25, 0.3) is 0 Å². The fraction of sp³-hybridized carbons (Fsp3) is 0.136. The van der Waals surface area contributed by atoms with Crippen molar-refractivity contribution in [3.05, 3.63) is 82.9 Å². The molecule has 3 aromatic rings. The molecule has 0 fully saturated rings. The summed E-state index contributed by atoms with van der Waals surface area (Å²) in [5, 5.41) is 3.26. The van der Waals surface area contributed by atoms with Crippen molar-refractivity contribution in [1.29, 1.82) is 0 Å². The molecule has 8 heteroatoms. The fourth-order valence-electron chi connectivity index (χ4n) is 2.74. The summed E-state index contributed by atoms with van der Waals surface area (Å²) in [7, 11) is -3.76. The number of amides is 1. The maximum Gasteiger partial charge on any atom is 0.261 e. The van der Waals surface area contributed by atoms with Gasteiger partial charge in [-0.25, -0.2) is 8.42 Å². The van der Waals surface area contributed by atoms with Gasteiger partial charge in [0.15, 0.2) is 0 Å². The van der Waals surface area contributed by atoms with Crippen LogP contribution in [0.4, 0.5) is 11.4 Å². The second kappa shape index (κ2) is 9.19. The first-order valence-electron chi connectivity index (χ1n) is 9.22. The zero-order valence-electron chi connectivity index (χ0n) is 16.5. The number of ether oxygens (including phenoxy) is 1. The summed E-state index contributed by atoms with van der Waals surface area (Å²) in [4.78, 5) is 12.6. The summed E-state index contributed by atoms with van der Waals surface area (Å²) in [5.74, 6) is 0.429. The molecule has 0 heterocycles. The van der Waals surface area contributed by atoms with Gasteiger partial charge in [-0.05, 0) is 86.1 Å². The van der Waals surface area contributed by atoms with Gasteiger partial charge in [0.25, 0.3) is 15.9 Å². The summed E-state index contributed by atoms with van der Waals surface area (Å²) >= 11 is 5.81. The number of nitrogens with one attached hydrogen (secondary N) is 2. The van der Waals surface area contributed by atoms with Crippen molar-refractivity contribution in [3.8, 4) is 5.75 Å². The summed E-state index contributed by atoms with van der Waals surface area (Å²) in [6, 6.07) is 17.7. The Labute approximate surface area is 180 Å². The Hall–Kier alpha value is -3.03. The van der Waals surface area contributed by atoms with Crippen LogP contribution in [0.5, 0.6) is 5.75 Å². The number of hydrogen-bond acceptors (Lipinski definition) is 4. The number of carbonyl (C=O) groups excluding carboxylic acids is 1. The van der Waals surface area contributed by atoms with Gasteiger partial charge in [0.1, 0.15) is 5.75 Å². The van der Waals surface area contributed by atoms with Crippen molar-refractivity contribution in [2.75, 3.05) is 16.6 Å². The van der Waals surface area contributed by atoms with Crippen LogP contribution < -0.4 is 14.8 Å². The maximum atomic E-state index is 12.6. The molecule has 0 bridgehead atoms. The van der Waals surface area contributed by atoms with Gasteiger partial charge in [-0.2, -0.15) is 0 Å². The van der Waals surface area contributed by atoms with E-state index in [0.29, 0.717) is 34.1 Å². The van der Waals surface area contributed by atoms with Crippen molar-refractivity contribution in [2.45, 2.75) is 18.7 Å². The molecular formula is C22H21ClN2O4S. The fourth-order valence-corrected chi connectivity index (χ4v) is 4.00. The molecule has 30 heavy (non-hydrogen) atoms. The maximum absolute atomic E-state index is 12.6. The number of carbonyl (C=O) groups is 1. The smallest absolute Gasteiger partial charge is 0.261 e. The monoisotopic (exact) mass is 444 g/mol. The second-order valence-corrected chi connectivity index (χ2v) is 8.62. The van der Waals surface area contributed by atoms with Crippen LogP contribution in [0.2, 0.25) is 5.02 Å². The van der Waals surface area contributed by atoms with E-state index in [4.69, 9.17) is 16.3 Å². The molecular weight excluding hydrogens is 424 g/mol. The number of aryl methyl sites for hydroxylation is 1. The molecule has 0 spiro atoms. The summed E-state index contributed by atoms with van der Waals surface area (Å²) in [6.45, 7) is 4.20. The number of halogens is 1. The normalized spacial score (nSPS) is 11.0. The molecule has 0 atom stereocenters. The third-order valence-electron chi connectivity index (χ3n) is 4.28. The molecule has 3 aromatic carbocycles. The van der Waals surface area contributed by atoms with Crippen LogP contribution in [-0.4, -0.2) is 20.9 Å². The van der Waals surface area contributed by atoms with Crippen molar-refractivity contribution >= 4 is 38.9 Å². The Kier molecular flexibility index (Phi) is 6.64. The minimum atomic E-state index is -3.76. The van der Waals surface area contributed by atoms with Crippen molar-refractivity contribution < 1.29 is 17.9 Å². The number of anilines is 2. The average molecular weight is 445 g/mol. The number of benzene rings is 3. The van der Waals surface area contributed by atoms with E-state index in [1.807, 2.05) is 6.92 Å². The number of sulfonamides is 1. The van der Waals surface area contributed by atoms with Gasteiger partial charge in [0.05, 0.1) is 17.2 Å². The standard InChI is InChI=1S/C22H21ClN2O4S/c1-3-29-19-9-7-18(8-10-19)24-22(26)16-4-13-21(15(2)14-16)25-30(27,28)20-11-5-17(23)6-12-20/h4-14,25H,3H2,1-2H3,(H,24,26). The topological polar surface area (TPSA) is 84.5 Å². The van der Waals surface area contributed by atoms with Crippen molar-refractivity contribution in [3.63, 3.8) is 0 Å². The highest BCUT2D eigenvalue weighted by Gasteiger charge is 2.16. The van der Waals surface area contributed by atoms with Crippen LogP contribution in [0.1, 0.15) is 22.8 Å². The SMILES string of the molecule is CCOc1ccc(NC(=O)c2ccc(NS(=O)(=O)c3ccc(Cl)cc3)c(C)c2)cc1. The van der Waals surface area contributed by atoms with Crippen molar-refractivity contribution in [1.82, 2.24) is 0 Å². The van der Waals surface area contributed by atoms with Crippen molar-refractivity contribution in [2.24, 2.45) is 0 Å². The Bertz CT molecular complexity index is 1140. The van der Waals surface area contributed by atoms with Crippen LogP contribution >= 0.6 is 11.6 Å². The molecule has 2 N–H and O–H groups in total. The van der Waals surface area contributed by atoms with Gasteiger partial charge in [0, 0.05) is 16.3 Å². The zero-order chi connectivity index (χ0) is 21.7. The predicted octanol–water partition coefficient (Wildman–Crippen LogP) is 5.10. The van der Waals surface area contributed by atoms with Gasteiger partial charge < -0.3 is 10.1 Å². The highest BCUT2D eigenvalue weighted by Crippen LogP contribution is 2.23. The minimum absolute atomic E-state index is 0.101. The van der Waals surface area contributed by atoms with Crippen LogP contribution in [-0.2, 0) is 10.0 Å². The lowest BCUT2D eigenvalue weighted by atomic mass is 10.1. The van der Waals surface area contributed by atoms with Crippen LogP contribution in [0, 0.1) is 6.92 Å². The van der Waals surface area contributed by atoms with Gasteiger partial charge in [0.2, 0.25) is 0 Å². The van der Waals surface area contributed by atoms with Gasteiger partial charge >= 0.3 is 0 Å². The van der Waals surface area contributed by atoms with E-state index in [-0.39, 0.29) is 10.8 Å². The van der Waals surface area contributed by atoms with Gasteiger partial charge in [-0.15, -0.1) is 0 Å². The molecule has 3 rings (SSSR count). The van der Waals surface area contributed by atoms with E-state index in [1.165, 1.54) is 24.3 Å². The van der Waals surface area contributed by atoms with E-state index in [9.17, 15) is 13.2 Å². The third-order valence-corrected chi connectivity index (χ3v) is 5.91. The molecule has 0 saturated heterocycles. The van der Waals surface area contributed by atoms with E-state index in [0.717, 1.165) is 5.75 Å². The van der Waals surface area contributed by atoms with Crippen LogP contribution in [0.3, 0.4) is 0 Å². The first kappa shape index (κ1) is 21.7. The molecule has 0 aliphatic heterocycles. The number of rotatable bonds is 7. The highest BCUT2D eigenvalue weighted by molar-refractivity contribution is 7.92. The van der Waals surface area contributed by atoms with Gasteiger partial charge in [-0.3, -0.25) is 9.52 Å². The lowest BCUT2D eigenvalue weighted by Crippen LogP contribution is -2.15. The first-order chi connectivity index (χ1) is 14.3. The molecule has 0 aromatic heterocycles. The number of hydrogen-bond donors (Lipinski definition) is 2. The van der Waals surface area contributed by atoms with E-state index >= 15 is 0 Å². The second-order valence-electron chi connectivity index (χ2n) is 6.50. The largest absolute Gasteiger partial charge is 0.494 e. The Morgan fingerprint density at radius 1 is 1.00 bits per heavy atom. The minimum Gasteiger partial charge on any atom is -0.494 e. The summed E-state index contributed by atoms with van der Waals surface area (Å²) in [5.41, 5.74) is 2.05. The van der Waals surface area contributed by atoms with E-state index < -0.39 is 10.0 Å². The molecule has 0 saturated carbocycles. The van der Waals surface area contributed by atoms with E-state index in [2.05, 4.69) is 10.0 Å². The Morgan fingerprint density at radius 3 is 2.27 bits per heavy atom. The molecule has 156 valence electrons. The molecule has 0 unspecified atom stereocenters. The Morgan fingerprint density at radius 2 is 1.67 bits per heavy atom. The molecule has 1 amide bonds. The predicted molar refractivity (Wildman–Crippen MR) is 119 cm³/mol. The van der Waals surface area contributed by atoms with Gasteiger partial charge in [-0.1, -0.05) is 11.6 Å². The Balaban J connectivity index is 1.72. The van der Waals surface area contributed by atoms with Crippen LogP contribution in [0.15, 0.2) is 71.6 Å². The quantitative estimate of drug-likeness (QED) is 0.531. The third kappa shape index (κ3) is 5.31. The molecule has 0 aliphatic rings. The van der Waals surface area contributed by atoms with E-state index in [1.54, 1.807) is 49.4 Å². The zero-order valence-corrected chi connectivity index (χ0v) is 18.0. The summed E-state index contributed by atoms with van der Waals surface area (Å²) < 4.78 is 33.0. The molecule has 0 aliphatic carbocycles. The lowest BCUT2D eigenvalue weighted by molar-refractivity contribution is 0.102. The molecule has 6 nitrogen and oxygen atoms in total. The first-order valence-corrected chi connectivity index (χ1v) is 11.1.